The van der Waals surface area contributed by atoms with Gasteiger partial charge in [-0.15, -0.1) is 0 Å². The van der Waals surface area contributed by atoms with Crippen LogP contribution in [0.5, 0.6) is 0 Å². The van der Waals surface area contributed by atoms with Gasteiger partial charge < -0.3 is 5.32 Å². The molecule has 0 aliphatic rings. The van der Waals surface area contributed by atoms with Crippen LogP contribution in [0.25, 0.3) is 0 Å². The topological polar surface area (TPSA) is 42.0 Å². The molecule has 1 heterocycles. The highest BCUT2D eigenvalue weighted by Gasteiger charge is 2.01. The highest BCUT2D eigenvalue weighted by Crippen LogP contribution is 1.97. The van der Waals surface area contributed by atoms with Crippen LogP contribution in [0.4, 0.5) is 0 Å². The Morgan fingerprint density at radius 1 is 1.55 bits per heavy atom. The number of amides is 1. The summed E-state index contributed by atoms with van der Waals surface area (Å²) in [5.74, 6) is -0.148. The summed E-state index contributed by atoms with van der Waals surface area (Å²) in [5.41, 5.74) is 1.51. The van der Waals surface area contributed by atoms with E-state index in [1.165, 1.54) is 0 Å². The van der Waals surface area contributed by atoms with Crippen molar-refractivity contribution in [2.75, 3.05) is 7.05 Å². The molecule has 0 radical (unpaired) electrons. The van der Waals surface area contributed by atoms with Gasteiger partial charge in [-0.2, -0.15) is 0 Å². The zero-order valence-corrected chi connectivity index (χ0v) is 6.59. The predicted octanol–water partition coefficient (Wildman–Crippen LogP) is 0.750. The molecule has 1 rings (SSSR count). The lowest BCUT2D eigenvalue weighted by Crippen LogP contribution is -2.18. The first-order valence-electron chi connectivity index (χ1n) is 3.39. The van der Waals surface area contributed by atoms with E-state index >= 15 is 0 Å². The van der Waals surface area contributed by atoms with Crippen molar-refractivity contribution in [2.24, 2.45) is 0 Å². The van der Waals surface area contributed by atoms with Crippen LogP contribution in [0, 0.1) is 6.92 Å². The van der Waals surface area contributed by atoms with Gasteiger partial charge in [0.15, 0.2) is 0 Å². The Hall–Kier alpha value is -1.38. The number of rotatable bonds is 1. The molecule has 11 heavy (non-hydrogen) atoms. The fraction of sp³-hybridized carbons (Fsp3) is 0.250. The Bertz CT molecular complexity index is 253. The molecular formula is C8H10N2O. The summed E-state index contributed by atoms with van der Waals surface area (Å²) in [6.07, 6.45) is 1.67. The maximum absolute atomic E-state index is 11.0. The molecule has 0 saturated heterocycles. The van der Waals surface area contributed by atoms with E-state index in [9.17, 15) is 4.79 Å². The van der Waals surface area contributed by atoms with Crippen LogP contribution >= 0.6 is 0 Å². The number of carbonyl (C=O) groups excluding carboxylic acids is 1. The third kappa shape index (κ3) is 1.77. The molecular weight excluding hydrogens is 140 g/mol. The molecule has 0 fully saturated rings. The van der Waals surface area contributed by atoms with Crippen molar-refractivity contribution in [3.63, 3.8) is 0 Å². The highest BCUT2D eigenvalue weighted by atomic mass is 16.1. The van der Waals surface area contributed by atoms with E-state index in [0.29, 0.717) is 5.69 Å². The summed E-state index contributed by atoms with van der Waals surface area (Å²) in [6, 6.07) is 3.56. The van der Waals surface area contributed by atoms with Crippen molar-refractivity contribution < 1.29 is 4.79 Å². The van der Waals surface area contributed by atoms with Crippen LogP contribution in [0.15, 0.2) is 18.3 Å². The Morgan fingerprint density at radius 3 is 2.73 bits per heavy atom. The lowest BCUT2D eigenvalue weighted by Gasteiger charge is -1.97. The Morgan fingerprint density at radius 2 is 2.27 bits per heavy atom. The van der Waals surface area contributed by atoms with Crippen molar-refractivity contribution in [2.45, 2.75) is 6.92 Å². The second kappa shape index (κ2) is 3.14. The van der Waals surface area contributed by atoms with Gasteiger partial charge in [-0.1, -0.05) is 6.07 Å². The average Bonchev–Trinajstić information content (AvgIpc) is 2.05. The molecule has 3 nitrogen and oxygen atoms in total. The van der Waals surface area contributed by atoms with Crippen molar-refractivity contribution in [1.82, 2.24) is 10.3 Å². The Balaban J connectivity index is 2.90. The van der Waals surface area contributed by atoms with Crippen LogP contribution in [0.3, 0.4) is 0 Å². The number of nitrogens with zero attached hydrogens (tertiary/aromatic N) is 1. The number of aryl methyl sites for hydroxylation is 1. The van der Waals surface area contributed by atoms with E-state index in [1.54, 1.807) is 19.3 Å². The lowest BCUT2D eigenvalue weighted by molar-refractivity contribution is 0.0958. The van der Waals surface area contributed by atoms with Gasteiger partial charge in [0.05, 0.1) is 0 Å². The van der Waals surface area contributed by atoms with E-state index in [4.69, 9.17) is 0 Å². The summed E-state index contributed by atoms with van der Waals surface area (Å²) >= 11 is 0. The number of nitrogens with one attached hydrogen (secondary N) is 1. The summed E-state index contributed by atoms with van der Waals surface area (Å²) in [4.78, 5) is 14.9. The fourth-order valence-electron chi connectivity index (χ4n) is 0.730. The summed E-state index contributed by atoms with van der Waals surface area (Å²) < 4.78 is 0. The summed E-state index contributed by atoms with van der Waals surface area (Å²) in [7, 11) is 1.59. The Kier molecular flexibility index (Phi) is 2.21. The van der Waals surface area contributed by atoms with Crippen molar-refractivity contribution >= 4 is 5.91 Å². The Labute approximate surface area is 65.5 Å². The van der Waals surface area contributed by atoms with E-state index < -0.39 is 0 Å². The minimum atomic E-state index is -0.148. The average molecular weight is 150 g/mol. The molecule has 0 aliphatic carbocycles. The van der Waals surface area contributed by atoms with Crippen LogP contribution in [0.1, 0.15) is 16.1 Å². The van der Waals surface area contributed by atoms with Crippen LogP contribution < -0.4 is 5.32 Å². The standard InChI is InChI=1S/C8H10N2O/c1-6-3-4-7(10-5-6)8(11)9-2/h3-5H,1-2H3,(H,9,11). The molecule has 0 atom stereocenters. The maximum atomic E-state index is 11.0. The van der Waals surface area contributed by atoms with Gasteiger partial charge in [-0.3, -0.25) is 9.78 Å². The molecule has 0 bridgehead atoms. The zero-order chi connectivity index (χ0) is 8.27. The molecule has 3 heteroatoms. The molecule has 58 valence electrons. The number of hydrogen-bond donors (Lipinski definition) is 1. The lowest BCUT2D eigenvalue weighted by atomic mass is 10.3. The summed E-state index contributed by atoms with van der Waals surface area (Å²) in [5, 5.41) is 2.50. The third-order valence-corrected chi connectivity index (χ3v) is 1.37. The zero-order valence-electron chi connectivity index (χ0n) is 6.59. The van der Waals surface area contributed by atoms with Gasteiger partial charge in [0.2, 0.25) is 0 Å². The summed E-state index contributed by atoms with van der Waals surface area (Å²) in [6.45, 7) is 1.93. The van der Waals surface area contributed by atoms with Gasteiger partial charge in [-0.05, 0) is 18.6 Å². The van der Waals surface area contributed by atoms with Crippen LogP contribution in [0.2, 0.25) is 0 Å². The SMILES string of the molecule is CNC(=O)c1ccc(C)cn1. The first-order valence-corrected chi connectivity index (χ1v) is 3.39. The molecule has 1 aromatic rings. The van der Waals surface area contributed by atoms with Gasteiger partial charge >= 0.3 is 0 Å². The second-order valence-corrected chi connectivity index (χ2v) is 2.30. The quantitative estimate of drug-likeness (QED) is 0.641. The van der Waals surface area contributed by atoms with Crippen molar-refractivity contribution in [3.8, 4) is 0 Å². The smallest absolute Gasteiger partial charge is 0.269 e. The molecule has 1 aromatic heterocycles. The second-order valence-electron chi connectivity index (χ2n) is 2.30. The molecule has 1 N–H and O–H groups in total. The van der Waals surface area contributed by atoms with Crippen molar-refractivity contribution in [3.05, 3.63) is 29.6 Å². The van der Waals surface area contributed by atoms with Gasteiger partial charge in [0.25, 0.3) is 5.91 Å². The van der Waals surface area contributed by atoms with Gasteiger partial charge in [0, 0.05) is 13.2 Å². The number of pyridine rings is 1. The van der Waals surface area contributed by atoms with E-state index in [0.717, 1.165) is 5.56 Å². The first kappa shape index (κ1) is 7.72. The molecule has 0 unspecified atom stereocenters. The normalized spacial score (nSPS) is 9.27. The molecule has 1 amide bonds. The van der Waals surface area contributed by atoms with E-state index in [1.807, 2.05) is 13.0 Å². The number of carbonyl (C=O) groups is 1. The minimum Gasteiger partial charge on any atom is -0.354 e. The molecule has 0 aliphatic heterocycles. The minimum absolute atomic E-state index is 0.148. The third-order valence-electron chi connectivity index (χ3n) is 1.37. The van der Waals surface area contributed by atoms with Crippen LogP contribution in [-0.4, -0.2) is 17.9 Å². The predicted molar refractivity (Wildman–Crippen MR) is 42.4 cm³/mol. The first-order chi connectivity index (χ1) is 5.24. The highest BCUT2D eigenvalue weighted by molar-refractivity contribution is 5.91. The fourth-order valence-corrected chi connectivity index (χ4v) is 0.730. The van der Waals surface area contributed by atoms with Crippen molar-refractivity contribution in [1.29, 1.82) is 0 Å². The van der Waals surface area contributed by atoms with Crippen LogP contribution in [-0.2, 0) is 0 Å². The molecule has 0 saturated carbocycles. The molecule has 0 spiro atoms. The largest absolute Gasteiger partial charge is 0.354 e. The van der Waals surface area contributed by atoms with E-state index in [-0.39, 0.29) is 5.91 Å². The maximum Gasteiger partial charge on any atom is 0.269 e. The monoisotopic (exact) mass is 150 g/mol. The van der Waals surface area contributed by atoms with E-state index in [2.05, 4.69) is 10.3 Å². The van der Waals surface area contributed by atoms with Gasteiger partial charge in [-0.25, -0.2) is 0 Å². The molecule has 0 aromatic carbocycles. The number of aromatic nitrogens is 1. The van der Waals surface area contributed by atoms with Gasteiger partial charge in [0.1, 0.15) is 5.69 Å². The number of hydrogen-bond acceptors (Lipinski definition) is 2.